The third-order valence-corrected chi connectivity index (χ3v) is 2.86. The van der Waals surface area contributed by atoms with Gasteiger partial charge in [-0.25, -0.2) is 9.59 Å². The Kier molecular flexibility index (Phi) is 4.64. The summed E-state index contributed by atoms with van der Waals surface area (Å²) in [6, 6.07) is 10.9. The summed E-state index contributed by atoms with van der Waals surface area (Å²) < 4.78 is 5.14. The first kappa shape index (κ1) is 16.5. The van der Waals surface area contributed by atoms with Crippen molar-refractivity contribution in [3.05, 3.63) is 48.8 Å². The summed E-state index contributed by atoms with van der Waals surface area (Å²) >= 11 is 0. The summed E-state index contributed by atoms with van der Waals surface area (Å²) in [5.41, 5.74) is 0.914. The monoisotopic (exact) mass is 314 g/mol. The standard InChI is InChI=1S/C17H18N2O4/c1-17(2,3)23-16(22)19(15(20)21)14-9-13(10-18-11-14)12-7-5-4-6-8-12/h4-11H,1-3H3,(H,20,21). The first-order valence-corrected chi connectivity index (χ1v) is 7.04. The lowest BCUT2D eigenvalue weighted by molar-refractivity contribution is 0.0582. The molecule has 2 amide bonds. The number of hydrogen-bond acceptors (Lipinski definition) is 4. The number of imide groups is 1. The van der Waals surface area contributed by atoms with Crippen LogP contribution >= 0.6 is 0 Å². The molecular weight excluding hydrogens is 296 g/mol. The largest absolute Gasteiger partial charge is 0.464 e. The Morgan fingerprint density at radius 1 is 1.09 bits per heavy atom. The maximum Gasteiger partial charge on any atom is 0.424 e. The molecule has 0 fully saturated rings. The van der Waals surface area contributed by atoms with Gasteiger partial charge in [0.25, 0.3) is 0 Å². The SMILES string of the molecule is CC(C)(C)OC(=O)N(C(=O)O)c1cncc(-c2ccccc2)c1. The Morgan fingerprint density at radius 3 is 2.30 bits per heavy atom. The van der Waals surface area contributed by atoms with Gasteiger partial charge < -0.3 is 9.84 Å². The van der Waals surface area contributed by atoms with Gasteiger partial charge >= 0.3 is 12.2 Å². The molecule has 0 aliphatic carbocycles. The van der Waals surface area contributed by atoms with Crippen molar-refractivity contribution < 1.29 is 19.4 Å². The minimum atomic E-state index is -1.42. The van der Waals surface area contributed by atoms with Crippen molar-refractivity contribution in [3.63, 3.8) is 0 Å². The molecule has 0 aliphatic rings. The fourth-order valence-corrected chi connectivity index (χ4v) is 1.94. The Balaban J connectivity index is 2.37. The first-order valence-electron chi connectivity index (χ1n) is 7.04. The molecule has 0 radical (unpaired) electrons. The van der Waals surface area contributed by atoms with E-state index in [0.717, 1.165) is 5.56 Å². The molecule has 0 saturated carbocycles. The molecule has 0 aliphatic heterocycles. The summed E-state index contributed by atoms with van der Waals surface area (Å²) in [6.45, 7) is 5.01. The molecule has 0 atom stereocenters. The predicted molar refractivity (Wildman–Crippen MR) is 86.4 cm³/mol. The van der Waals surface area contributed by atoms with Gasteiger partial charge in [0.05, 0.1) is 11.9 Å². The van der Waals surface area contributed by atoms with Crippen molar-refractivity contribution >= 4 is 17.9 Å². The van der Waals surface area contributed by atoms with Gasteiger partial charge in [-0.3, -0.25) is 4.98 Å². The minimum absolute atomic E-state index is 0.133. The Morgan fingerprint density at radius 2 is 1.74 bits per heavy atom. The molecular formula is C17H18N2O4. The van der Waals surface area contributed by atoms with Crippen LogP contribution in [-0.2, 0) is 4.74 Å². The Bertz CT molecular complexity index is 708. The first-order chi connectivity index (χ1) is 10.8. The second-order valence-electron chi connectivity index (χ2n) is 5.90. The summed E-state index contributed by atoms with van der Waals surface area (Å²) in [5.74, 6) is 0. The van der Waals surface area contributed by atoms with E-state index in [1.54, 1.807) is 33.0 Å². The summed E-state index contributed by atoms with van der Waals surface area (Å²) in [7, 11) is 0. The number of carboxylic acid groups (broad SMARTS) is 1. The van der Waals surface area contributed by atoms with Crippen molar-refractivity contribution in [3.8, 4) is 11.1 Å². The highest BCUT2D eigenvalue weighted by atomic mass is 16.6. The fourth-order valence-electron chi connectivity index (χ4n) is 1.94. The maximum atomic E-state index is 12.1. The van der Waals surface area contributed by atoms with E-state index in [1.165, 1.54) is 6.20 Å². The molecule has 120 valence electrons. The van der Waals surface area contributed by atoms with E-state index >= 15 is 0 Å². The highest BCUT2D eigenvalue weighted by molar-refractivity contribution is 6.08. The highest BCUT2D eigenvalue weighted by Gasteiger charge is 2.29. The van der Waals surface area contributed by atoms with Crippen LogP contribution in [0.3, 0.4) is 0 Å². The second-order valence-corrected chi connectivity index (χ2v) is 5.90. The number of aromatic nitrogens is 1. The zero-order valence-electron chi connectivity index (χ0n) is 13.2. The molecule has 2 rings (SSSR count). The summed E-state index contributed by atoms with van der Waals surface area (Å²) in [4.78, 5) is 28.2. The summed E-state index contributed by atoms with van der Waals surface area (Å²) in [5, 5.41) is 9.35. The Labute approximate surface area is 134 Å². The van der Waals surface area contributed by atoms with E-state index in [9.17, 15) is 14.7 Å². The lowest BCUT2D eigenvalue weighted by Crippen LogP contribution is -2.40. The number of nitrogens with zero attached hydrogens (tertiary/aromatic N) is 2. The van der Waals surface area contributed by atoms with E-state index in [0.29, 0.717) is 10.5 Å². The van der Waals surface area contributed by atoms with Gasteiger partial charge in [0, 0.05) is 11.8 Å². The quantitative estimate of drug-likeness (QED) is 0.900. The third kappa shape index (κ3) is 4.29. The number of benzene rings is 1. The number of pyridine rings is 1. The van der Waals surface area contributed by atoms with Crippen molar-refractivity contribution in [2.24, 2.45) is 0 Å². The number of carbonyl (C=O) groups excluding carboxylic acids is 1. The smallest absolute Gasteiger partial charge is 0.424 e. The number of rotatable bonds is 2. The van der Waals surface area contributed by atoms with E-state index in [2.05, 4.69) is 4.98 Å². The number of anilines is 1. The minimum Gasteiger partial charge on any atom is -0.464 e. The van der Waals surface area contributed by atoms with Crippen molar-refractivity contribution in [2.75, 3.05) is 4.90 Å². The van der Waals surface area contributed by atoms with Crippen LogP contribution in [0.5, 0.6) is 0 Å². The van der Waals surface area contributed by atoms with E-state index in [-0.39, 0.29) is 5.69 Å². The number of ether oxygens (including phenoxy) is 1. The zero-order chi connectivity index (χ0) is 17.0. The van der Waals surface area contributed by atoms with Crippen LogP contribution in [0.15, 0.2) is 48.8 Å². The molecule has 0 spiro atoms. The zero-order valence-corrected chi connectivity index (χ0v) is 13.2. The molecule has 6 heteroatoms. The van der Waals surface area contributed by atoms with Crippen LogP contribution in [0.2, 0.25) is 0 Å². The number of hydrogen-bond donors (Lipinski definition) is 1. The molecule has 6 nitrogen and oxygen atoms in total. The van der Waals surface area contributed by atoms with Gasteiger partial charge in [0.2, 0.25) is 0 Å². The van der Waals surface area contributed by atoms with E-state index < -0.39 is 17.8 Å². The molecule has 0 unspecified atom stereocenters. The average molecular weight is 314 g/mol. The van der Waals surface area contributed by atoms with Crippen LogP contribution in [0.4, 0.5) is 15.3 Å². The average Bonchev–Trinajstić information content (AvgIpc) is 2.46. The Hall–Kier alpha value is -2.89. The molecule has 23 heavy (non-hydrogen) atoms. The van der Waals surface area contributed by atoms with E-state index in [1.807, 2.05) is 30.3 Å². The van der Waals surface area contributed by atoms with Gasteiger partial charge in [-0.15, -0.1) is 0 Å². The maximum absolute atomic E-state index is 12.1. The molecule has 0 bridgehead atoms. The predicted octanol–water partition coefficient (Wildman–Crippen LogP) is 4.17. The molecule has 1 aromatic carbocycles. The van der Waals surface area contributed by atoms with E-state index in [4.69, 9.17) is 4.74 Å². The van der Waals surface area contributed by atoms with Gasteiger partial charge in [0.1, 0.15) is 5.60 Å². The molecule has 1 N–H and O–H groups in total. The summed E-state index contributed by atoms with van der Waals surface area (Å²) in [6.07, 6.45) is 0.529. The van der Waals surface area contributed by atoms with Crippen LogP contribution in [0.1, 0.15) is 20.8 Å². The highest BCUT2D eigenvalue weighted by Crippen LogP contribution is 2.24. The number of amides is 2. The number of carbonyl (C=O) groups is 2. The molecule has 1 heterocycles. The molecule has 2 aromatic rings. The van der Waals surface area contributed by atoms with Gasteiger partial charge in [-0.1, -0.05) is 30.3 Å². The van der Waals surface area contributed by atoms with Gasteiger partial charge in [-0.05, 0) is 32.4 Å². The van der Waals surface area contributed by atoms with Crippen LogP contribution in [0.25, 0.3) is 11.1 Å². The topological polar surface area (TPSA) is 79.7 Å². The van der Waals surface area contributed by atoms with Gasteiger partial charge in [-0.2, -0.15) is 4.90 Å². The van der Waals surface area contributed by atoms with Crippen molar-refractivity contribution in [2.45, 2.75) is 26.4 Å². The van der Waals surface area contributed by atoms with Crippen molar-refractivity contribution in [1.82, 2.24) is 4.98 Å². The second kappa shape index (κ2) is 6.48. The normalized spacial score (nSPS) is 10.9. The lowest BCUT2D eigenvalue weighted by atomic mass is 10.1. The van der Waals surface area contributed by atoms with Crippen LogP contribution in [0, 0.1) is 0 Å². The van der Waals surface area contributed by atoms with Gasteiger partial charge in [0.15, 0.2) is 0 Å². The molecule has 0 saturated heterocycles. The lowest BCUT2D eigenvalue weighted by Gasteiger charge is -2.24. The van der Waals surface area contributed by atoms with Crippen LogP contribution in [-0.4, -0.2) is 27.9 Å². The molecule has 1 aromatic heterocycles. The van der Waals surface area contributed by atoms with Crippen molar-refractivity contribution in [1.29, 1.82) is 0 Å². The third-order valence-electron chi connectivity index (χ3n) is 2.86. The fraction of sp³-hybridized carbons (Fsp3) is 0.235. The van der Waals surface area contributed by atoms with Crippen LogP contribution < -0.4 is 4.90 Å².